The number of benzene rings is 1. The monoisotopic (exact) mass is 415 g/mol. The second kappa shape index (κ2) is 10.2. The first-order chi connectivity index (χ1) is 14.2. The van der Waals surface area contributed by atoms with Crippen molar-refractivity contribution < 1.29 is 28.6 Å². The molecular formula is C21H25N3O6. The highest BCUT2D eigenvalue weighted by Gasteiger charge is 2.19. The van der Waals surface area contributed by atoms with Gasteiger partial charge in [-0.25, -0.2) is 23.9 Å². The molecule has 0 bridgehead atoms. The predicted molar refractivity (Wildman–Crippen MR) is 108 cm³/mol. The summed E-state index contributed by atoms with van der Waals surface area (Å²) in [5.41, 5.74) is 0.194. The standard InChI is InChI=1S/C21H25N3O6/c1-5-28-18(25)17(23-19(26)29-13-15-9-7-6-8-10-15)11-16-12-24(14-22-16)20(27)30-21(2,3)4/h6-12,14H,5,13H2,1-4H3,(H,23,26)/b17-11-. The summed E-state index contributed by atoms with van der Waals surface area (Å²) in [5.74, 6) is -0.763. The quantitative estimate of drug-likeness (QED) is 0.437. The average Bonchev–Trinajstić information content (AvgIpc) is 3.14. The molecule has 1 N–H and O–H groups in total. The molecule has 0 unspecified atom stereocenters. The highest BCUT2D eigenvalue weighted by Crippen LogP contribution is 2.11. The Bertz CT molecular complexity index is 912. The number of nitrogens with zero attached hydrogens (tertiary/aromatic N) is 2. The second-order valence-corrected chi connectivity index (χ2v) is 7.15. The van der Waals surface area contributed by atoms with Crippen LogP contribution in [0, 0.1) is 0 Å². The van der Waals surface area contributed by atoms with Gasteiger partial charge in [-0.3, -0.25) is 5.32 Å². The van der Waals surface area contributed by atoms with Gasteiger partial charge in [0.1, 0.15) is 24.2 Å². The average molecular weight is 415 g/mol. The van der Waals surface area contributed by atoms with Crippen LogP contribution < -0.4 is 5.32 Å². The lowest BCUT2D eigenvalue weighted by Gasteiger charge is -2.18. The highest BCUT2D eigenvalue weighted by atomic mass is 16.6. The van der Waals surface area contributed by atoms with E-state index in [1.165, 1.54) is 18.6 Å². The van der Waals surface area contributed by atoms with Crippen molar-refractivity contribution >= 4 is 24.2 Å². The van der Waals surface area contributed by atoms with Gasteiger partial charge in [-0.15, -0.1) is 0 Å². The van der Waals surface area contributed by atoms with E-state index in [1.807, 2.05) is 18.2 Å². The van der Waals surface area contributed by atoms with Crippen molar-refractivity contribution in [1.29, 1.82) is 0 Å². The minimum atomic E-state index is -0.829. The van der Waals surface area contributed by atoms with Crippen molar-refractivity contribution in [3.8, 4) is 0 Å². The molecule has 0 saturated carbocycles. The maximum atomic E-state index is 12.2. The van der Waals surface area contributed by atoms with E-state index in [0.717, 1.165) is 10.1 Å². The third kappa shape index (κ3) is 7.42. The van der Waals surface area contributed by atoms with E-state index < -0.39 is 23.8 Å². The molecule has 0 aliphatic heterocycles. The number of hydrogen-bond acceptors (Lipinski definition) is 7. The van der Waals surface area contributed by atoms with Crippen LogP contribution in [0.15, 0.2) is 48.6 Å². The van der Waals surface area contributed by atoms with Crippen LogP contribution >= 0.6 is 0 Å². The Morgan fingerprint density at radius 2 is 1.83 bits per heavy atom. The number of alkyl carbamates (subject to hydrolysis) is 1. The van der Waals surface area contributed by atoms with Gasteiger partial charge in [0.25, 0.3) is 0 Å². The molecule has 0 radical (unpaired) electrons. The number of imidazole rings is 1. The SMILES string of the molecule is CCOC(=O)/C(=C/c1cn(C(=O)OC(C)(C)C)cn1)NC(=O)OCc1ccccc1. The van der Waals surface area contributed by atoms with Gasteiger partial charge in [-0.2, -0.15) is 0 Å². The van der Waals surface area contributed by atoms with Gasteiger partial charge >= 0.3 is 18.2 Å². The lowest BCUT2D eigenvalue weighted by Crippen LogP contribution is -2.29. The first kappa shape index (κ1) is 22.7. The molecule has 0 saturated heterocycles. The van der Waals surface area contributed by atoms with Gasteiger partial charge in [-0.05, 0) is 39.3 Å². The molecule has 0 fully saturated rings. The fourth-order valence-corrected chi connectivity index (χ4v) is 2.20. The van der Waals surface area contributed by atoms with E-state index in [-0.39, 0.29) is 24.6 Å². The molecule has 2 rings (SSSR count). The van der Waals surface area contributed by atoms with E-state index in [4.69, 9.17) is 14.2 Å². The van der Waals surface area contributed by atoms with Crippen molar-refractivity contribution in [1.82, 2.24) is 14.9 Å². The molecule has 160 valence electrons. The molecule has 9 nitrogen and oxygen atoms in total. The van der Waals surface area contributed by atoms with Crippen LogP contribution in [0.1, 0.15) is 39.0 Å². The molecule has 30 heavy (non-hydrogen) atoms. The molecule has 1 aromatic carbocycles. The largest absolute Gasteiger partial charge is 0.461 e. The van der Waals surface area contributed by atoms with Crippen LogP contribution in [-0.4, -0.2) is 39.9 Å². The van der Waals surface area contributed by atoms with Crippen molar-refractivity contribution in [2.75, 3.05) is 6.61 Å². The summed E-state index contributed by atoms with van der Waals surface area (Å²) < 4.78 is 16.5. The van der Waals surface area contributed by atoms with Gasteiger partial charge in [-0.1, -0.05) is 30.3 Å². The lowest BCUT2D eigenvalue weighted by molar-refractivity contribution is -0.138. The highest BCUT2D eigenvalue weighted by molar-refractivity contribution is 5.96. The third-order valence-corrected chi connectivity index (χ3v) is 3.44. The van der Waals surface area contributed by atoms with E-state index in [2.05, 4.69) is 10.3 Å². The minimum Gasteiger partial charge on any atom is -0.461 e. The maximum absolute atomic E-state index is 12.2. The van der Waals surface area contributed by atoms with Crippen LogP contribution in [0.3, 0.4) is 0 Å². The first-order valence-electron chi connectivity index (χ1n) is 9.32. The summed E-state index contributed by atoms with van der Waals surface area (Å²) in [6.45, 7) is 7.02. The van der Waals surface area contributed by atoms with Crippen molar-refractivity contribution in [3.63, 3.8) is 0 Å². The van der Waals surface area contributed by atoms with Crippen LogP contribution in [-0.2, 0) is 25.6 Å². The summed E-state index contributed by atoms with van der Waals surface area (Å²) in [4.78, 5) is 40.4. The molecule has 0 spiro atoms. The van der Waals surface area contributed by atoms with Crippen LogP contribution in [0.4, 0.5) is 9.59 Å². The number of rotatable bonds is 6. The summed E-state index contributed by atoms with van der Waals surface area (Å²) in [5, 5.41) is 2.36. The number of amides is 1. The fraction of sp³-hybridized carbons (Fsp3) is 0.333. The Hall–Kier alpha value is -3.62. The predicted octanol–water partition coefficient (Wildman–Crippen LogP) is 3.50. The Morgan fingerprint density at radius 1 is 1.13 bits per heavy atom. The fourth-order valence-electron chi connectivity index (χ4n) is 2.20. The minimum absolute atomic E-state index is 0.0377. The van der Waals surface area contributed by atoms with Crippen molar-refractivity contribution in [2.24, 2.45) is 0 Å². The zero-order chi connectivity index (χ0) is 22.1. The van der Waals surface area contributed by atoms with Crippen molar-refractivity contribution in [3.05, 3.63) is 59.8 Å². The number of nitrogens with one attached hydrogen (secondary N) is 1. The summed E-state index contributed by atoms with van der Waals surface area (Å²) in [6, 6.07) is 9.10. The molecule has 9 heteroatoms. The van der Waals surface area contributed by atoms with Crippen LogP contribution in [0.25, 0.3) is 6.08 Å². The summed E-state index contributed by atoms with van der Waals surface area (Å²) >= 11 is 0. The van der Waals surface area contributed by atoms with Gasteiger partial charge in [0.15, 0.2) is 0 Å². The Labute approximate surface area is 174 Å². The Morgan fingerprint density at radius 3 is 2.47 bits per heavy atom. The first-order valence-corrected chi connectivity index (χ1v) is 9.32. The molecule has 0 atom stereocenters. The molecule has 1 amide bonds. The van der Waals surface area contributed by atoms with Gasteiger partial charge < -0.3 is 14.2 Å². The van der Waals surface area contributed by atoms with Crippen LogP contribution in [0.2, 0.25) is 0 Å². The number of aromatic nitrogens is 2. The van der Waals surface area contributed by atoms with E-state index in [9.17, 15) is 14.4 Å². The number of ether oxygens (including phenoxy) is 3. The van der Waals surface area contributed by atoms with E-state index in [0.29, 0.717) is 0 Å². The van der Waals surface area contributed by atoms with Gasteiger partial charge in [0.05, 0.1) is 12.3 Å². The molecule has 1 aromatic heterocycles. The maximum Gasteiger partial charge on any atom is 0.419 e. The third-order valence-electron chi connectivity index (χ3n) is 3.44. The zero-order valence-corrected chi connectivity index (χ0v) is 17.4. The van der Waals surface area contributed by atoms with Crippen molar-refractivity contribution in [2.45, 2.75) is 39.9 Å². The number of carbonyl (C=O) groups excluding carboxylic acids is 3. The molecule has 0 aliphatic carbocycles. The van der Waals surface area contributed by atoms with Crippen LogP contribution in [0.5, 0.6) is 0 Å². The van der Waals surface area contributed by atoms with Gasteiger partial charge in [0.2, 0.25) is 0 Å². The molecular weight excluding hydrogens is 390 g/mol. The molecule has 0 aliphatic rings. The zero-order valence-electron chi connectivity index (χ0n) is 17.4. The molecule has 1 heterocycles. The Kier molecular flexibility index (Phi) is 7.74. The topological polar surface area (TPSA) is 109 Å². The smallest absolute Gasteiger partial charge is 0.419 e. The van der Waals surface area contributed by atoms with Gasteiger partial charge in [0, 0.05) is 6.20 Å². The summed E-state index contributed by atoms with van der Waals surface area (Å²) in [6.07, 6.45) is 2.44. The van der Waals surface area contributed by atoms with E-state index in [1.54, 1.807) is 39.8 Å². The number of carbonyl (C=O) groups is 3. The normalized spacial score (nSPS) is 11.5. The number of hydrogen-bond donors (Lipinski definition) is 1. The summed E-state index contributed by atoms with van der Waals surface area (Å²) in [7, 11) is 0. The molecule has 2 aromatic rings. The number of esters is 1. The Balaban J connectivity index is 2.10. The van der Waals surface area contributed by atoms with E-state index >= 15 is 0 Å². The lowest BCUT2D eigenvalue weighted by atomic mass is 10.2. The second-order valence-electron chi connectivity index (χ2n) is 7.15.